The molecule has 8 heteroatoms. The van der Waals surface area contributed by atoms with Gasteiger partial charge in [-0.25, -0.2) is 4.98 Å². The van der Waals surface area contributed by atoms with Crippen molar-refractivity contribution in [3.05, 3.63) is 88.6 Å². The van der Waals surface area contributed by atoms with Crippen molar-refractivity contribution in [2.75, 3.05) is 18.1 Å². The fourth-order valence-corrected chi connectivity index (χ4v) is 4.81. The molecule has 0 aliphatic carbocycles. The lowest BCUT2D eigenvalue weighted by atomic mass is 9.95. The number of nitrogens with zero attached hydrogens (tertiary/aromatic N) is 2. The molecule has 2 aromatic carbocycles. The fourth-order valence-electron chi connectivity index (χ4n) is 4.15. The Kier molecular flexibility index (Phi) is 8.74. The topological polar surface area (TPSA) is 89.0 Å². The summed E-state index contributed by atoms with van der Waals surface area (Å²) in [6.07, 6.45) is 7.71. The van der Waals surface area contributed by atoms with E-state index in [-0.39, 0.29) is 5.57 Å². The minimum absolute atomic E-state index is 0.00792. The predicted molar refractivity (Wildman–Crippen MR) is 145 cm³/mol. The first kappa shape index (κ1) is 26.2. The molecule has 3 aromatic rings. The number of unbranched alkanes of at least 4 members (excludes halogenated alkanes) is 2. The number of aromatic nitrogens is 1. The molecule has 1 N–H and O–H groups in total. The SMILES string of the molecule is CCCCCOc1ccc(C2C(C(=O)C=Cc3ccccc3)=C(O)C(=O)N2c2nccs2)cc1OCC. The van der Waals surface area contributed by atoms with Crippen molar-refractivity contribution in [3.8, 4) is 11.5 Å². The summed E-state index contributed by atoms with van der Waals surface area (Å²) in [5.74, 6) is -0.607. The van der Waals surface area contributed by atoms with Crippen LogP contribution >= 0.6 is 11.3 Å². The Bertz CT molecular complexity index is 1280. The molecule has 1 aliphatic rings. The van der Waals surface area contributed by atoms with Crippen LogP contribution in [0.2, 0.25) is 0 Å². The summed E-state index contributed by atoms with van der Waals surface area (Å²) >= 11 is 1.25. The molecule has 1 atom stereocenters. The highest BCUT2D eigenvalue weighted by Crippen LogP contribution is 2.44. The average molecular weight is 519 g/mol. The first-order valence-electron chi connectivity index (χ1n) is 12.4. The lowest BCUT2D eigenvalue weighted by Crippen LogP contribution is -2.30. The third-order valence-corrected chi connectivity index (χ3v) is 6.69. The minimum atomic E-state index is -0.875. The molecular weight excluding hydrogens is 488 g/mol. The van der Waals surface area contributed by atoms with Crippen molar-refractivity contribution >= 4 is 34.2 Å². The maximum Gasteiger partial charge on any atom is 0.296 e. The van der Waals surface area contributed by atoms with E-state index in [1.165, 1.54) is 22.3 Å². The molecule has 0 spiro atoms. The smallest absolute Gasteiger partial charge is 0.296 e. The first-order chi connectivity index (χ1) is 18.0. The van der Waals surface area contributed by atoms with Gasteiger partial charge in [-0.05, 0) is 42.7 Å². The molecule has 0 fully saturated rings. The summed E-state index contributed by atoms with van der Waals surface area (Å²) in [6, 6.07) is 13.8. The number of allylic oxidation sites excluding steroid dienone is 1. The van der Waals surface area contributed by atoms with Gasteiger partial charge >= 0.3 is 0 Å². The third-order valence-electron chi connectivity index (χ3n) is 5.91. The van der Waals surface area contributed by atoms with Crippen LogP contribution in [0.25, 0.3) is 6.08 Å². The Morgan fingerprint density at radius 1 is 1.11 bits per heavy atom. The lowest BCUT2D eigenvalue weighted by Gasteiger charge is -2.25. The molecule has 0 radical (unpaired) electrons. The van der Waals surface area contributed by atoms with Gasteiger partial charge in [0.15, 0.2) is 28.2 Å². The molecule has 0 saturated heterocycles. The number of hydrogen-bond donors (Lipinski definition) is 1. The zero-order valence-corrected chi connectivity index (χ0v) is 21.7. The van der Waals surface area contributed by atoms with E-state index in [0.717, 1.165) is 24.8 Å². The molecule has 1 aliphatic heterocycles. The van der Waals surface area contributed by atoms with Crippen molar-refractivity contribution in [3.63, 3.8) is 0 Å². The summed E-state index contributed by atoms with van der Waals surface area (Å²) in [4.78, 5) is 32.2. The third kappa shape index (κ3) is 5.91. The average Bonchev–Trinajstić information content (AvgIpc) is 3.53. The van der Waals surface area contributed by atoms with E-state index in [4.69, 9.17) is 9.47 Å². The van der Waals surface area contributed by atoms with Crippen LogP contribution in [-0.4, -0.2) is 35.0 Å². The van der Waals surface area contributed by atoms with E-state index < -0.39 is 23.5 Å². The fraction of sp³-hybridized carbons (Fsp3) is 0.276. The number of carbonyl (C=O) groups is 2. The number of benzene rings is 2. The predicted octanol–water partition coefficient (Wildman–Crippen LogP) is 6.29. The van der Waals surface area contributed by atoms with Gasteiger partial charge in [-0.2, -0.15) is 0 Å². The van der Waals surface area contributed by atoms with E-state index in [9.17, 15) is 14.7 Å². The standard InChI is InChI=1S/C29H30N2O5S/c1-3-5-9-17-36-23-15-13-21(19-24(23)35-4-2)26-25(22(32)14-12-20-10-7-6-8-11-20)27(33)28(34)31(26)29-30-16-18-37-29/h6-8,10-16,18-19,26,33H,3-5,9,17H2,1-2H3. The monoisotopic (exact) mass is 518 g/mol. The van der Waals surface area contributed by atoms with Gasteiger partial charge in [-0.1, -0.05) is 62.2 Å². The summed E-state index contributed by atoms with van der Waals surface area (Å²) in [6.45, 7) is 4.99. The van der Waals surface area contributed by atoms with Crippen LogP contribution in [0.1, 0.15) is 50.3 Å². The molecule has 37 heavy (non-hydrogen) atoms. The van der Waals surface area contributed by atoms with Crippen molar-refractivity contribution in [2.24, 2.45) is 0 Å². The number of hydrogen-bond acceptors (Lipinski definition) is 7. The normalized spacial score (nSPS) is 15.6. The second kappa shape index (κ2) is 12.4. The van der Waals surface area contributed by atoms with Crippen molar-refractivity contribution in [1.82, 2.24) is 4.98 Å². The van der Waals surface area contributed by atoms with E-state index in [1.54, 1.807) is 35.9 Å². The molecule has 192 valence electrons. The zero-order chi connectivity index (χ0) is 26.2. The number of aliphatic hydroxyl groups excluding tert-OH is 1. The summed E-state index contributed by atoms with van der Waals surface area (Å²) in [5, 5.41) is 13.0. The Hall–Kier alpha value is -3.91. The number of amides is 1. The van der Waals surface area contributed by atoms with E-state index in [2.05, 4.69) is 11.9 Å². The number of rotatable bonds is 12. The van der Waals surface area contributed by atoms with Crippen LogP contribution < -0.4 is 14.4 Å². The Balaban J connectivity index is 1.73. The van der Waals surface area contributed by atoms with Crippen LogP contribution in [0.4, 0.5) is 5.13 Å². The highest BCUT2D eigenvalue weighted by molar-refractivity contribution is 7.13. The summed E-state index contributed by atoms with van der Waals surface area (Å²) < 4.78 is 11.8. The Morgan fingerprint density at radius 3 is 2.62 bits per heavy atom. The highest BCUT2D eigenvalue weighted by Gasteiger charge is 2.45. The number of ketones is 1. The number of anilines is 1. The first-order valence-corrected chi connectivity index (χ1v) is 13.3. The molecular formula is C29H30N2O5S. The van der Waals surface area contributed by atoms with Crippen LogP contribution in [0, 0.1) is 0 Å². The van der Waals surface area contributed by atoms with Gasteiger partial charge in [-0.3, -0.25) is 14.5 Å². The number of thiazole rings is 1. The molecule has 7 nitrogen and oxygen atoms in total. The maximum atomic E-state index is 13.4. The summed E-state index contributed by atoms with van der Waals surface area (Å²) in [5.41, 5.74) is 1.43. The van der Waals surface area contributed by atoms with Crippen LogP contribution in [0.5, 0.6) is 11.5 Å². The van der Waals surface area contributed by atoms with Gasteiger partial charge in [0.1, 0.15) is 0 Å². The van der Waals surface area contributed by atoms with E-state index in [0.29, 0.717) is 35.4 Å². The van der Waals surface area contributed by atoms with Crippen molar-refractivity contribution in [2.45, 2.75) is 39.2 Å². The second-order valence-corrected chi connectivity index (χ2v) is 9.33. The Labute approximate surface area is 220 Å². The van der Waals surface area contributed by atoms with Gasteiger partial charge in [-0.15, -0.1) is 11.3 Å². The van der Waals surface area contributed by atoms with Gasteiger partial charge < -0.3 is 14.6 Å². The number of aliphatic hydroxyl groups is 1. The molecule has 1 aromatic heterocycles. The number of ether oxygens (including phenoxy) is 2. The minimum Gasteiger partial charge on any atom is -0.503 e. The number of carbonyl (C=O) groups excluding carboxylic acids is 2. The molecule has 1 amide bonds. The van der Waals surface area contributed by atoms with Gasteiger partial charge in [0, 0.05) is 11.6 Å². The van der Waals surface area contributed by atoms with Crippen molar-refractivity contribution < 1.29 is 24.2 Å². The van der Waals surface area contributed by atoms with E-state index in [1.807, 2.05) is 37.3 Å². The second-order valence-electron chi connectivity index (χ2n) is 8.46. The Morgan fingerprint density at radius 2 is 1.92 bits per heavy atom. The van der Waals surface area contributed by atoms with Crippen molar-refractivity contribution in [1.29, 1.82) is 0 Å². The van der Waals surface area contributed by atoms with Gasteiger partial charge in [0.05, 0.1) is 24.8 Å². The molecule has 0 saturated carbocycles. The summed E-state index contributed by atoms with van der Waals surface area (Å²) in [7, 11) is 0. The van der Waals surface area contributed by atoms with E-state index >= 15 is 0 Å². The largest absolute Gasteiger partial charge is 0.503 e. The van der Waals surface area contributed by atoms with Crippen LogP contribution in [-0.2, 0) is 9.59 Å². The quantitative estimate of drug-likeness (QED) is 0.224. The molecule has 1 unspecified atom stereocenters. The zero-order valence-electron chi connectivity index (χ0n) is 20.9. The molecule has 2 heterocycles. The maximum absolute atomic E-state index is 13.4. The van der Waals surface area contributed by atoms with Gasteiger partial charge in [0.2, 0.25) is 0 Å². The lowest BCUT2D eigenvalue weighted by molar-refractivity contribution is -0.117. The van der Waals surface area contributed by atoms with Crippen LogP contribution in [0.15, 0.2) is 77.5 Å². The molecule has 0 bridgehead atoms. The van der Waals surface area contributed by atoms with Crippen LogP contribution in [0.3, 0.4) is 0 Å². The highest BCUT2D eigenvalue weighted by atomic mass is 32.1. The molecule has 4 rings (SSSR count). The van der Waals surface area contributed by atoms with Gasteiger partial charge in [0.25, 0.3) is 5.91 Å².